The SMILES string of the molecule is COc1cc2cc(C(=O)NCc3ccccc3)c[n+](C)c2cc1OC. The van der Waals surface area contributed by atoms with Crippen LogP contribution in [0.3, 0.4) is 0 Å². The third-order valence-corrected chi connectivity index (χ3v) is 4.11. The topological polar surface area (TPSA) is 51.4 Å². The highest BCUT2D eigenvalue weighted by Crippen LogP contribution is 2.30. The first-order chi connectivity index (χ1) is 12.1. The smallest absolute Gasteiger partial charge is 0.257 e. The first-order valence-electron chi connectivity index (χ1n) is 8.00. The van der Waals surface area contributed by atoms with Crippen molar-refractivity contribution in [1.82, 2.24) is 5.32 Å². The molecule has 0 radical (unpaired) electrons. The number of nitrogens with one attached hydrogen (secondary N) is 1. The molecule has 0 aliphatic heterocycles. The average molecular weight is 337 g/mol. The van der Waals surface area contributed by atoms with Crippen molar-refractivity contribution in [2.75, 3.05) is 14.2 Å². The summed E-state index contributed by atoms with van der Waals surface area (Å²) in [5.41, 5.74) is 2.61. The van der Waals surface area contributed by atoms with Gasteiger partial charge >= 0.3 is 0 Å². The van der Waals surface area contributed by atoms with Crippen LogP contribution in [0.15, 0.2) is 54.7 Å². The standard InChI is InChI=1S/C20H20N2O3/c1-22-13-16(20(23)21-12-14-7-5-4-6-8-14)9-15-10-18(24-2)19(25-3)11-17(15)22/h4-11,13H,12H2,1-3H3/p+1. The minimum atomic E-state index is -0.115. The molecular formula is C20H21N2O3+. The Hall–Kier alpha value is -3.08. The number of carbonyl (C=O) groups excluding carboxylic acids is 1. The number of ether oxygens (including phenoxy) is 2. The van der Waals surface area contributed by atoms with E-state index in [2.05, 4.69) is 5.32 Å². The second kappa shape index (κ2) is 7.21. The Morgan fingerprint density at radius 2 is 1.72 bits per heavy atom. The van der Waals surface area contributed by atoms with Gasteiger partial charge < -0.3 is 14.8 Å². The largest absolute Gasteiger partial charge is 0.493 e. The lowest BCUT2D eigenvalue weighted by molar-refractivity contribution is -0.645. The molecule has 1 N–H and O–H groups in total. The van der Waals surface area contributed by atoms with Gasteiger partial charge in [0.05, 0.1) is 25.7 Å². The Morgan fingerprint density at radius 1 is 1.04 bits per heavy atom. The molecule has 0 aliphatic carbocycles. The van der Waals surface area contributed by atoms with Gasteiger partial charge in [-0.1, -0.05) is 30.3 Å². The van der Waals surface area contributed by atoms with Gasteiger partial charge in [0.2, 0.25) is 5.52 Å². The monoisotopic (exact) mass is 337 g/mol. The Balaban J connectivity index is 1.90. The molecule has 0 aliphatic rings. The van der Waals surface area contributed by atoms with Crippen molar-refractivity contribution < 1.29 is 18.8 Å². The quantitative estimate of drug-likeness (QED) is 0.728. The van der Waals surface area contributed by atoms with Gasteiger partial charge in [-0.2, -0.15) is 0 Å². The highest BCUT2D eigenvalue weighted by molar-refractivity contribution is 5.96. The van der Waals surface area contributed by atoms with Crippen LogP contribution in [0.2, 0.25) is 0 Å². The third-order valence-electron chi connectivity index (χ3n) is 4.11. The number of rotatable bonds is 5. The van der Waals surface area contributed by atoms with E-state index in [-0.39, 0.29) is 5.91 Å². The van der Waals surface area contributed by atoms with Crippen LogP contribution in [0.25, 0.3) is 10.9 Å². The van der Waals surface area contributed by atoms with Crippen LogP contribution in [-0.4, -0.2) is 20.1 Å². The average Bonchev–Trinajstić information content (AvgIpc) is 2.65. The van der Waals surface area contributed by atoms with Gasteiger partial charge in [0.15, 0.2) is 17.7 Å². The third kappa shape index (κ3) is 3.55. The molecule has 25 heavy (non-hydrogen) atoms. The van der Waals surface area contributed by atoms with Crippen molar-refractivity contribution in [2.24, 2.45) is 7.05 Å². The molecule has 1 amide bonds. The molecule has 0 fully saturated rings. The normalized spacial score (nSPS) is 10.5. The second-order valence-corrected chi connectivity index (χ2v) is 5.77. The van der Waals surface area contributed by atoms with Crippen LogP contribution >= 0.6 is 0 Å². The van der Waals surface area contributed by atoms with Gasteiger partial charge in [-0.15, -0.1) is 0 Å². The van der Waals surface area contributed by atoms with E-state index in [9.17, 15) is 4.79 Å². The molecule has 128 valence electrons. The Morgan fingerprint density at radius 3 is 2.40 bits per heavy atom. The van der Waals surface area contributed by atoms with Gasteiger partial charge in [0, 0.05) is 6.54 Å². The lowest BCUT2D eigenvalue weighted by Crippen LogP contribution is -2.32. The summed E-state index contributed by atoms with van der Waals surface area (Å²) in [6.45, 7) is 0.493. The van der Waals surface area contributed by atoms with Gasteiger partial charge in [-0.05, 0) is 17.7 Å². The molecular weight excluding hydrogens is 316 g/mol. The summed E-state index contributed by atoms with van der Waals surface area (Å²) in [4.78, 5) is 12.5. The Bertz CT molecular complexity index is 908. The summed E-state index contributed by atoms with van der Waals surface area (Å²) in [6, 6.07) is 15.5. The molecule has 0 saturated carbocycles. The summed E-state index contributed by atoms with van der Waals surface area (Å²) < 4.78 is 12.6. The summed E-state index contributed by atoms with van der Waals surface area (Å²) in [5, 5.41) is 3.86. The van der Waals surface area contributed by atoms with Crippen LogP contribution in [0, 0.1) is 0 Å². The van der Waals surface area contributed by atoms with Crippen LogP contribution < -0.4 is 19.4 Å². The number of aryl methyl sites for hydroxylation is 1. The maximum atomic E-state index is 12.5. The fourth-order valence-corrected chi connectivity index (χ4v) is 2.79. The van der Waals surface area contributed by atoms with Crippen molar-refractivity contribution in [2.45, 2.75) is 6.54 Å². The molecule has 3 aromatic rings. The van der Waals surface area contributed by atoms with E-state index in [1.54, 1.807) is 14.2 Å². The molecule has 0 bridgehead atoms. The van der Waals surface area contributed by atoms with Crippen molar-refractivity contribution in [3.8, 4) is 11.5 Å². The van der Waals surface area contributed by atoms with Gasteiger partial charge in [-0.3, -0.25) is 4.79 Å². The van der Waals surface area contributed by atoms with Crippen LogP contribution in [0.4, 0.5) is 0 Å². The fourth-order valence-electron chi connectivity index (χ4n) is 2.79. The highest BCUT2D eigenvalue weighted by atomic mass is 16.5. The molecule has 1 heterocycles. The minimum absolute atomic E-state index is 0.115. The van der Waals surface area contributed by atoms with Gasteiger partial charge in [0.1, 0.15) is 12.6 Å². The van der Waals surface area contributed by atoms with Crippen LogP contribution in [0.1, 0.15) is 15.9 Å². The van der Waals surface area contributed by atoms with Gasteiger partial charge in [0.25, 0.3) is 5.91 Å². The van der Waals surface area contributed by atoms with Gasteiger partial charge in [-0.25, -0.2) is 4.57 Å². The summed E-state index contributed by atoms with van der Waals surface area (Å²) >= 11 is 0. The number of nitrogens with zero attached hydrogens (tertiary/aromatic N) is 1. The zero-order chi connectivity index (χ0) is 17.8. The summed E-state index contributed by atoms with van der Waals surface area (Å²) in [5.74, 6) is 1.18. The molecule has 0 unspecified atom stereocenters. The molecule has 1 aromatic heterocycles. The lowest BCUT2D eigenvalue weighted by atomic mass is 10.1. The van der Waals surface area contributed by atoms with E-state index >= 15 is 0 Å². The molecule has 0 saturated heterocycles. The molecule has 5 nitrogen and oxygen atoms in total. The van der Waals surface area contributed by atoms with Crippen molar-refractivity contribution in [3.05, 3.63) is 65.9 Å². The van der Waals surface area contributed by atoms with Crippen LogP contribution in [0.5, 0.6) is 11.5 Å². The number of methoxy groups -OCH3 is 2. The van der Waals surface area contributed by atoms with E-state index in [1.165, 1.54) is 0 Å². The zero-order valence-electron chi connectivity index (χ0n) is 14.6. The maximum Gasteiger partial charge on any atom is 0.257 e. The molecule has 0 atom stereocenters. The Labute approximate surface area is 146 Å². The molecule has 0 spiro atoms. The van der Waals surface area contributed by atoms with E-state index in [4.69, 9.17) is 9.47 Å². The first kappa shape index (κ1) is 16.8. The number of benzene rings is 2. The summed E-state index contributed by atoms with van der Waals surface area (Å²) in [7, 11) is 5.11. The molecule has 5 heteroatoms. The van der Waals surface area contributed by atoms with E-state index in [1.807, 2.05) is 66.3 Å². The lowest BCUT2D eigenvalue weighted by Gasteiger charge is -2.09. The second-order valence-electron chi connectivity index (χ2n) is 5.77. The van der Waals surface area contributed by atoms with Crippen LogP contribution in [-0.2, 0) is 13.6 Å². The molecule has 3 rings (SSSR count). The molecule has 2 aromatic carbocycles. The number of pyridine rings is 1. The first-order valence-corrected chi connectivity index (χ1v) is 8.00. The number of hydrogen-bond donors (Lipinski definition) is 1. The highest BCUT2D eigenvalue weighted by Gasteiger charge is 2.17. The number of carbonyl (C=O) groups is 1. The van der Waals surface area contributed by atoms with Crippen molar-refractivity contribution in [1.29, 1.82) is 0 Å². The summed E-state index contributed by atoms with van der Waals surface area (Å²) in [6.07, 6.45) is 1.81. The number of hydrogen-bond acceptors (Lipinski definition) is 3. The fraction of sp³-hybridized carbons (Fsp3) is 0.200. The number of aromatic nitrogens is 1. The van der Waals surface area contributed by atoms with E-state index < -0.39 is 0 Å². The maximum absolute atomic E-state index is 12.5. The number of fused-ring (bicyclic) bond motifs is 1. The van der Waals surface area contributed by atoms with E-state index in [0.29, 0.717) is 23.6 Å². The minimum Gasteiger partial charge on any atom is -0.493 e. The number of amides is 1. The predicted molar refractivity (Wildman–Crippen MR) is 95.8 cm³/mol. The Kier molecular flexibility index (Phi) is 4.84. The zero-order valence-corrected chi connectivity index (χ0v) is 14.6. The van der Waals surface area contributed by atoms with E-state index in [0.717, 1.165) is 16.5 Å². The van der Waals surface area contributed by atoms with Crippen molar-refractivity contribution in [3.63, 3.8) is 0 Å². The predicted octanol–water partition coefficient (Wildman–Crippen LogP) is 2.61. The van der Waals surface area contributed by atoms with Crippen molar-refractivity contribution >= 4 is 16.8 Å².